The molecule has 0 saturated carbocycles. The molecule has 0 unspecified atom stereocenters. The molecule has 2 aromatic rings. The molecule has 0 heterocycles. The van der Waals surface area contributed by atoms with Crippen LogP contribution < -0.4 is 10.6 Å². The van der Waals surface area contributed by atoms with Crippen molar-refractivity contribution in [2.45, 2.75) is 20.4 Å². The molecule has 0 aliphatic rings. The smallest absolute Gasteiger partial charge is 0.221 e. The number of carbonyl (C=O) groups excluding carboxylic acids is 1. The van der Waals surface area contributed by atoms with Gasteiger partial charge >= 0.3 is 0 Å². The first-order chi connectivity index (χ1) is 9.95. The van der Waals surface area contributed by atoms with Crippen molar-refractivity contribution in [2.24, 2.45) is 0 Å². The molecular formula is C16H16ClFN2O. The quantitative estimate of drug-likeness (QED) is 0.881. The molecule has 0 radical (unpaired) electrons. The van der Waals surface area contributed by atoms with E-state index < -0.39 is 5.82 Å². The monoisotopic (exact) mass is 306 g/mol. The summed E-state index contributed by atoms with van der Waals surface area (Å²) in [6.45, 7) is 3.92. The van der Waals surface area contributed by atoms with Gasteiger partial charge in [0.2, 0.25) is 5.91 Å². The van der Waals surface area contributed by atoms with Crippen molar-refractivity contribution in [3.8, 4) is 0 Å². The third-order valence-electron chi connectivity index (χ3n) is 3.06. The van der Waals surface area contributed by atoms with Crippen LogP contribution in [0.1, 0.15) is 18.1 Å². The molecule has 0 atom stereocenters. The molecule has 0 aromatic heterocycles. The van der Waals surface area contributed by atoms with Crippen molar-refractivity contribution in [3.63, 3.8) is 0 Å². The molecule has 2 N–H and O–H groups in total. The molecule has 1 amide bonds. The number of nitrogens with one attached hydrogen (secondary N) is 2. The lowest BCUT2D eigenvalue weighted by Crippen LogP contribution is -2.08. The normalized spacial score (nSPS) is 10.3. The zero-order valence-corrected chi connectivity index (χ0v) is 12.6. The molecule has 21 heavy (non-hydrogen) atoms. The molecule has 0 spiro atoms. The summed E-state index contributed by atoms with van der Waals surface area (Å²) < 4.78 is 13.5. The Balaban J connectivity index is 2.11. The summed E-state index contributed by atoms with van der Waals surface area (Å²) >= 11 is 5.92. The van der Waals surface area contributed by atoms with Crippen molar-refractivity contribution in [1.29, 1.82) is 0 Å². The van der Waals surface area contributed by atoms with Gasteiger partial charge < -0.3 is 10.6 Å². The molecule has 0 aliphatic carbocycles. The Morgan fingerprint density at radius 3 is 2.67 bits per heavy atom. The Morgan fingerprint density at radius 1 is 1.24 bits per heavy atom. The standard InChI is InChI=1S/C16H16ClFN2O/c1-10-7-13(17)4-3-12(10)9-19-14-5-6-15(18)16(8-14)20-11(2)21/h3-8,19H,9H2,1-2H3,(H,20,21). The lowest BCUT2D eigenvalue weighted by atomic mass is 10.1. The molecular weight excluding hydrogens is 291 g/mol. The average molecular weight is 307 g/mol. The van der Waals surface area contributed by atoms with Gasteiger partial charge in [-0.25, -0.2) is 4.39 Å². The number of anilines is 2. The second kappa shape index (κ2) is 6.59. The predicted octanol–water partition coefficient (Wildman–Crippen LogP) is 4.36. The van der Waals surface area contributed by atoms with E-state index in [-0.39, 0.29) is 11.6 Å². The molecule has 0 aliphatic heterocycles. The minimum Gasteiger partial charge on any atom is -0.381 e. The number of amides is 1. The van der Waals surface area contributed by atoms with Crippen LogP contribution in [0.2, 0.25) is 5.02 Å². The fourth-order valence-corrected chi connectivity index (χ4v) is 2.20. The van der Waals surface area contributed by atoms with Gasteiger partial charge in [0.15, 0.2) is 0 Å². The number of hydrogen-bond donors (Lipinski definition) is 2. The van der Waals surface area contributed by atoms with Gasteiger partial charge in [-0.2, -0.15) is 0 Å². The average Bonchev–Trinajstić information content (AvgIpc) is 2.40. The first-order valence-electron chi connectivity index (χ1n) is 6.52. The van der Waals surface area contributed by atoms with Gasteiger partial charge in [-0.15, -0.1) is 0 Å². The lowest BCUT2D eigenvalue weighted by molar-refractivity contribution is -0.114. The second-order valence-electron chi connectivity index (χ2n) is 4.80. The Labute approximate surface area is 128 Å². The van der Waals surface area contributed by atoms with E-state index in [0.717, 1.165) is 16.8 Å². The van der Waals surface area contributed by atoms with Gasteiger partial charge in [-0.05, 0) is 48.4 Å². The van der Waals surface area contributed by atoms with E-state index >= 15 is 0 Å². The molecule has 5 heteroatoms. The lowest BCUT2D eigenvalue weighted by Gasteiger charge is -2.11. The van der Waals surface area contributed by atoms with Crippen LogP contribution in [0, 0.1) is 12.7 Å². The molecule has 2 rings (SSSR count). The number of benzene rings is 2. The Hall–Kier alpha value is -2.07. The van der Waals surface area contributed by atoms with Gasteiger partial charge in [-0.3, -0.25) is 4.79 Å². The van der Waals surface area contributed by atoms with Crippen LogP contribution in [0.5, 0.6) is 0 Å². The van der Waals surface area contributed by atoms with E-state index in [1.54, 1.807) is 12.1 Å². The number of halogens is 2. The van der Waals surface area contributed by atoms with Crippen molar-refractivity contribution in [2.75, 3.05) is 10.6 Å². The molecule has 0 fully saturated rings. The molecule has 2 aromatic carbocycles. The predicted molar refractivity (Wildman–Crippen MR) is 84.2 cm³/mol. The SMILES string of the molecule is CC(=O)Nc1cc(NCc2ccc(Cl)cc2C)ccc1F. The van der Waals surface area contributed by atoms with Gasteiger partial charge in [0, 0.05) is 24.2 Å². The maximum Gasteiger partial charge on any atom is 0.221 e. The fraction of sp³-hybridized carbons (Fsp3) is 0.188. The maximum atomic E-state index is 13.5. The highest BCUT2D eigenvalue weighted by Gasteiger charge is 2.06. The van der Waals surface area contributed by atoms with Crippen LogP contribution in [-0.2, 0) is 11.3 Å². The Kier molecular flexibility index (Phi) is 4.81. The van der Waals surface area contributed by atoms with Crippen molar-refractivity contribution in [3.05, 3.63) is 58.4 Å². The number of aryl methyl sites for hydroxylation is 1. The summed E-state index contributed by atoms with van der Waals surface area (Å²) in [7, 11) is 0. The third-order valence-corrected chi connectivity index (χ3v) is 3.30. The first-order valence-corrected chi connectivity index (χ1v) is 6.89. The minimum atomic E-state index is -0.460. The van der Waals surface area contributed by atoms with Crippen LogP contribution in [-0.4, -0.2) is 5.91 Å². The summed E-state index contributed by atoms with van der Waals surface area (Å²) in [6.07, 6.45) is 0. The summed E-state index contributed by atoms with van der Waals surface area (Å²) in [5, 5.41) is 6.36. The number of hydrogen-bond acceptors (Lipinski definition) is 2. The van der Waals surface area contributed by atoms with E-state index in [1.807, 2.05) is 25.1 Å². The number of rotatable bonds is 4. The van der Waals surface area contributed by atoms with Gasteiger partial charge in [-0.1, -0.05) is 17.7 Å². The summed E-state index contributed by atoms with van der Waals surface area (Å²) in [6, 6.07) is 10.2. The molecule has 3 nitrogen and oxygen atoms in total. The Bertz CT molecular complexity index is 673. The van der Waals surface area contributed by atoms with Crippen LogP contribution in [0.4, 0.5) is 15.8 Å². The number of carbonyl (C=O) groups is 1. The van der Waals surface area contributed by atoms with Gasteiger partial charge in [0.1, 0.15) is 5.82 Å². The van der Waals surface area contributed by atoms with E-state index in [0.29, 0.717) is 11.6 Å². The van der Waals surface area contributed by atoms with Crippen LogP contribution >= 0.6 is 11.6 Å². The molecule has 0 saturated heterocycles. The van der Waals surface area contributed by atoms with Crippen LogP contribution in [0.25, 0.3) is 0 Å². The first kappa shape index (κ1) is 15.3. The third kappa shape index (κ3) is 4.20. The summed E-state index contributed by atoms with van der Waals surface area (Å²) in [4.78, 5) is 11.0. The van der Waals surface area contributed by atoms with E-state index in [4.69, 9.17) is 11.6 Å². The zero-order valence-electron chi connectivity index (χ0n) is 11.8. The highest BCUT2D eigenvalue weighted by Crippen LogP contribution is 2.21. The van der Waals surface area contributed by atoms with Crippen molar-refractivity contribution < 1.29 is 9.18 Å². The van der Waals surface area contributed by atoms with Gasteiger partial charge in [0.25, 0.3) is 0 Å². The highest BCUT2D eigenvalue weighted by atomic mass is 35.5. The Morgan fingerprint density at radius 2 is 2.00 bits per heavy atom. The zero-order chi connectivity index (χ0) is 15.4. The second-order valence-corrected chi connectivity index (χ2v) is 5.24. The van der Waals surface area contributed by atoms with Crippen LogP contribution in [0.15, 0.2) is 36.4 Å². The van der Waals surface area contributed by atoms with E-state index in [1.165, 1.54) is 13.0 Å². The summed E-state index contributed by atoms with van der Waals surface area (Å²) in [5.41, 5.74) is 3.08. The van der Waals surface area contributed by atoms with Crippen molar-refractivity contribution in [1.82, 2.24) is 0 Å². The topological polar surface area (TPSA) is 41.1 Å². The van der Waals surface area contributed by atoms with Crippen molar-refractivity contribution >= 4 is 28.9 Å². The minimum absolute atomic E-state index is 0.167. The van der Waals surface area contributed by atoms with Crippen LogP contribution in [0.3, 0.4) is 0 Å². The maximum absolute atomic E-state index is 13.5. The largest absolute Gasteiger partial charge is 0.381 e. The summed E-state index contributed by atoms with van der Waals surface area (Å²) in [5.74, 6) is -0.766. The molecule has 110 valence electrons. The fourth-order valence-electron chi connectivity index (χ4n) is 1.98. The highest BCUT2D eigenvalue weighted by molar-refractivity contribution is 6.30. The molecule has 0 bridgehead atoms. The van der Waals surface area contributed by atoms with E-state index in [2.05, 4.69) is 10.6 Å². The van der Waals surface area contributed by atoms with E-state index in [9.17, 15) is 9.18 Å². The van der Waals surface area contributed by atoms with Gasteiger partial charge in [0.05, 0.1) is 5.69 Å².